The van der Waals surface area contributed by atoms with Crippen LogP contribution in [0.2, 0.25) is 0 Å². The second-order valence-electron chi connectivity index (χ2n) is 6.67. The van der Waals surface area contributed by atoms with Crippen LogP contribution in [0, 0.1) is 0 Å². The molecule has 8 heteroatoms. The number of anilines is 1. The number of thiazole rings is 1. The fourth-order valence-electron chi connectivity index (χ4n) is 3.29. The molecule has 1 fully saturated rings. The van der Waals surface area contributed by atoms with E-state index in [-0.39, 0.29) is 12.0 Å². The second kappa shape index (κ2) is 8.28. The Balaban J connectivity index is 1.67. The molecule has 0 spiro atoms. The number of hydrogen-bond acceptors (Lipinski definition) is 6. The molecule has 0 bridgehead atoms. The van der Waals surface area contributed by atoms with Gasteiger partial charge in [0.1, 0.15) is 5.75 Å². The van der Waals surface area contributed by atoms with Gasteiger partial charge in [-0.1, -0.05) is 11.3 Å². The third-order valence-corrected chi connectivity index (χ3v) is 5.77. The number of aryl methyl sites for hydroxylation is 1. The van der Waals surface area contributed by atoms with Gasteiger partial charge >= 0.3 is 0 Å². The summed E-state index contributed by atoms with van der Waals surface area (Å²) in [6.45, 7) is 6.51. The third kappa shape index (κ3) is 3.88. The number of fused-ring (bicyclic) bond motifs is 1. The minimum Gasteiger partial charge on any atom is -0.494 e. The molecule has 1 aliphatic heterocycles. The fraction of sp³-hybridized carbons (Fsp3) is 0.450. The lowest BCUT2D eigenvalue weighted by Gasteiger charge is -2.22. The van der Waals surface area contributed by atoms with Crippen LogP contribution >= 0.6 is 11.3 Å². The molecule has 28 heavy (non-hydrogen) atoms. The molecule has 2 aromatic heterocycles. The Hall–Kier alpha value is -2.45. The first-order valence-corrected chi connectivity index (χ1v) is 10.5. The van der Waals surface area contributed by atoms with Gasteiger partial charge in [0.25, 0.3) is 5.91 Å². The molecule has 3 heterocycles. The van der Waals surface area contributed by atoms with Crippen molar-refractivity contribution in [2.75, 3.05) is 24.7 Å². The van der Waals surface area contributed by atoms with Crippen LogP contribution in [-0.4, -0.2) is 46.5 Å². The van der Waals surface area contributed by atoms with Crippen molar-refractivity contribution in [1.29, 1.82) is 0 Å². The molecule has 1 amide bonds. The van der Waals surface area contributed by atoms with Crippen molar-refractivity contribution in [2.45, 2.75) is 39.3 Å². The average molecular weight is 401 g/mol. The molecular formula is C20H24N4O3S. The Labute approximate surface area is 167 Å². The van der Waals surface area contributed by atoms with Crippen LogP contribution in [-0.2, 0) is 11.3 Å². The standard InChI is InChI=1S/C20H24N4O3S/c1-3-23-10-9-17(22-23)19(25)24(13-15-6-5-11-27-15)20-21-16-8-7-14(26-4-2)12-18(16)28-20/h7-10,12,15H,3-6,11,13H2,1-2H3. The first kappa shape index (κ1) is 18.9. The molecule has 0 N–H and O–H groups in total. The van der Waals surface area contributed by atoms with Crippen LogP contribution in [0.5, 0.6) is 5.75 Å². The molecule has 0 saturated carbocycles. The lowest BCUT2D eigenvalue weighted by atomic mass is 10.2. The highest BCUT2D eigenvalue weighted by molar-refractivity contribution is 7.22. The van der Waals surface area contributed by atoms with E-state index in [0.29, 0.717) is 24.0 Å². The van der Waals surface area contributed by atoms with Gasteiger partial charge in [0, 0.05) is 19.3 Å². The summed E-state index contributed by atoms with van der Waals surface area (Å²) >= 11 is 1.49. The zero-order chi connectivity index (χ0) is 19.5. The van der Waals surface area contributed by atoms with Crippen LogP contribution in [0.4, 0.5) is 5.13 Å². The van der Waals surface area contributed by atoms with E-state index >= 15 is 0 Å². The summed E-state index contributed by atoms with van der Waals surface area (Å²) in [5.74, 6) is 0.663. The van der Waals surface area contributed by atoms with E-state index in [9.17, 15) is 4.79 Å². The van der Waals surface area contributed by atoms with Gasteiger partial charge < -0.3 is 9.47 Å². The largest absolute Gasteiger partial charge is 0.494 e. The van der Waals surface area contributed by atoms with Gasteiger partial charge in [-0.15, -0.1) is 0 Å². The number of nitrogens with zero attached hydrogens (tertiary/aromatic N) is 4. The number of benzene rings is 1. The molecule has 1 atom stereocenters. The number of carbonyl (C=O) groups excluding carboxylic acids is 1. The van der Waals surface area contributed by atoms with Gasteiger partial charge in [-0.2, -0.15) is 5.10 Å². The summed E-state index contributed by atoms with van der Waals surface area (Å²) in [5.41, 5.74) is 1.28. The molecule has 4 rings (SSSR count). The Bertz CT molecular complexity index is 961. The third-order valence-electron chi connectivity index (χ3n) is 4.73. The normalized spacial score (nSPS) is 16.6. The maximum Gasteiger partial charge on any atom is 0.280 e. The molecule has 0 radical (unpaired) electrons. The van der Waals surface area contributed by atoms with E-state index in [0.717, 1.165) is 42.0 Å². The molecule has 1 aliphatic rings. The topological polar surface area (TPSA) is 69.5 Å². The minimum atomic E-state index is -0.146. The Morgan fingerprint density at radius 3 is 3.00 bits per heavy atom. The number of ether oxygens (including phenoxy) is 2. The lowest BCUT2D eigenvalue weighted by molar-refractivity contribution is 0.0912. The van der Waals surface area contributed by atoms with Crippen molar-refractivity contribution in [1.82, 2.24) is 14.8 Å². The summed E-state index contributed by atoms with van der Waals surface area (Å²) in [4.78, 5) is 19.7. The molecule has 7 nitrogen and oxygen atoms in total. The van der Waals surface area contributed by atoms with Crippen molar-refractivity contribution in [3.05, 3.63) is 36.2 Å². The zero-order valence-electron chi connectivity index (χ0n) is 16.1. The van der Waals surface area contributed by atoms with Gasteiger partial charge in [0.05, 0.1) is 29.5 Å². The van der Waals surface area contributed by atoms with Crippen LogP contribution in [0.3, 0.4) is 0 Å². The van der Waals surface area contributed by atoms with Gasteiger partial charge in [0.2, 0.25) is 0 Å². The van der Waals surface area contributed by atoms with E-state index in [1.165, 1.54) is 11.3 Å². The average Bonchev–Trinajstić information content (AvgIpc) is 3.45. The lowest BCUT2D eigenvalue weighted by Crippen LogP contribution is -2.37. The summed E-state index contributed by atoms with van der Waals surface area (Å²) < 4.78 is 14.1. The number of hydrogen-bond donors (Lipinski definition) is 0. The second-order valence-corrected chi connectivity index (χ2v) is 7.68. The van der Waals surface area contributed by atoms with Crippen molar-refractivity contribution in [3.63, 3.8) is 0 Å². The molecule has 1 unspecified atom stereocenters. The molecule has 148 valence electrons. The van der Waals surface area contributed by atoms with E-state index in [1.54, 1.807) is 15.6 Å². The number of carbonyl (C=O) groups is 1. The molecule has 0 aliphatic carbocycles. The highest BCUT2D eigenvalue weighted by Crippen LogP contribution is 2.33. The SMILES string of the molecule is CCOc1ccc2nc(N(CC3CCCO3)C(=O)c3ccn(CC)n3)sc2c1. The van der Waals surface area contributed by atoms with E-state index < -0.39 is 0 Å². The first-order valence-electron chi connectivity index (χ1n) is 9.68. The predicted molar refractivity (Wildman–Crippen MR) is 109 cm³/mol. The van der Waals surface area contributed by atoms with Crippen molar-refractivity contribution < 1.29 is 14.3 Å². The van der Waals surface area contributed by atoms with E-state index in [1.807, 2.05) is 38.2 Å². The highest BCUT2D eigenvalue weighted by Gasteiger charge is 2.28. The highest BCUT2D eigenvalue weighted by atomic mass is 32.1. The van der Waals surface area contributed by atoms with Crippen molar-refractivity contribution >= 4 is 32.6 Å². The fourth-order valence-corrected chi connectivity index (χ4v) is 4.30. The quantitative estimate of drug-likeness (QED) is 0.604. The summed E-state index contributed by atoms with van der Waals surface area (Å²) in [6, 6.07) is 7.57. The molecular weight excluding hydrogens is 376 g/mol. The van der Waals surface area contributed by atoms with E-state index in [2.05, 4.69) is 5.10 Å². The van der Waals surface area contributed by atoms with Gasteiger partial charge in [-0.25, -0.2) is 4.98 Å². The van der Waals surface area contributed by atoms with Crippen LogP contribution in [0.1, 0.15) is 37.2 Å². The molecule has 3 aromatic rings. The van der Waals surface area contributed by atoms with Crippen LogP contribution in [0.25, 0.3) is 10.2 Å². The smallest absolute Gasteiger partial charge is 0.280 e. The Morgan fingerprint density at radius 1 is 1.39 bits per heavy atom. The number of aromatic nitrogens is 3. The summed E-state index contributed by atoms with van der Waals surface area (Å²) in [7, 11) is 0. The number of amides is 1. The maximum absolute atomic E-state index is 13.2. The van der Waals surface area contributed by atoms with Crippen LogP contribution in [0.15, 0.2) is 30.5 Å². The number of rotatable bonds is 7. The first-order chi connectivity index (χ1) is 13.7. The summed E-state index contributed by atoms with van der Waals surface area (Å²) in [5, 5.41) is 5.05. The van der Waals surface area contributed by atoms with Crippen molar-refractivity contribution in [2.24, 2.45) is 0 Å². The van der Waals surface area contributed by atoms with Gasteiger partial charge in [-0.05, 0) is 51.0 Å². The predicted octanol–water partition coefficient (Wildman–Crippen LogP) is 3.74. The van der Waals surface area contributed by atoms with Gasteiger partial charge in [-0.3, -0.25) is 14.4 Å². The Kier molecular flexibility index (Phi) is 5.59. The minimum absolute atomic E-state index is 0.0307. The Morgan fingerprint density at radius 2 is 2.29 bits per heavy atom. The zero-order valence-corrected chi connectivity index (χ0v) is 16.9. The monoisotopic (exact) mass is 400 g/mol. The van der Waals surface area contributed by atoms with E-state index in [4.69, 9.17) is 14.5 Å². The van der Waals surface area contributed by atoms with Crippen molar-refractivity contribution in [3.8, 4) is 5.75 Å². The summed E-state index contributed by atoms with van der Waals surface area (Å²) in [6.07, 6.45) is 3.83. The molecule has 1 saturated heterocycles. The maximum atomic E-state index is 13.2. The van der Waals surface area contributed by atoms with Crippen LogP contribution < -0.4 is 9.64 Å². The molecule has 1 aromatic carbocycles. The van der Waals surface area contributed by atoms with Gasteiger partial charge in [0.15, 0.2) is 10.8 Å².